The lowest BCUT2D eigenvalue weighted by atomic mass is 10.3. The summed E-state index contributed by atoms with van der Waals surface area (Å²) >= 11 is 12.0. The van der Waals surface area contributed by atoms with Crippen molar-refractivity contribution in [2.75, 3.05) is 16.8 Å². The highest BCUT2D eigenvalue weighted by atomic mass is 35.5. The standard InChI is InChI=1S/C13H16Cl2N2O2S/c14-10-5-8(16)6-11(15)13(10)17-12(18)7-20(19)9-3-1-2-4-9/h5-6,9H,1-4,7,16H2,(H,17,18). The molecule has 0 heterocycles. The summed E-state index contributed by atoms with van der Waals surface area (Å²) < 4.78 is 12.0. The topological polar surface area (TPSA) is 72.2 Å². The van der Waals surface area contributed by atoms with Gasteiger partial charge in [-0.1, -0.05) is 36.0 Å². The van der Waals surface area contributed by atoms with Gasteiger partial charge in [-0.2, -0.15) is 0 Å². The number of anilines is 2. The lowest BCUT2D eigenvalue weighted by Crippen LogP contribution is -2.25. The molecule has 0 radical (unpaired) electrons. The summed E-state index contributed by atoms with van der Waals surface area (Å²) in [5.41, 5.74) is 6.33. The van der Waals surface area contributed by atoms with Gasteiger partial charge >= 0.3 is 0 Å². The highest BCUT2D eigenvalue weighted by Gasteiger charge is 2.23. The first-order valence-corrected chi connectivity index (χ1v) is 8.52. The van der Waals surface area contributed by atoms with Crippen LogP contribution in [0.2, 0.25) is 10.0 Å². The van der Waals surface area contributed by atoms with Crippen LogP contribution in [0.3, 0.4) is 0 Å². The van der Waals surface area contributed by atoms with E-state index in [9.17, 15) is 9.00 Å². The van der Waals surface area contributed by atoms with Crippen molar-refractivity contribution >= 4 is 51.3 Å². The van der Waals surface area contributed by atoms with Gasteiger partial charge in [-0.15, -0.1) is 0 Å². The third kappa shape index (κ3) is 3.87. The van der Waals surface area contributed by atoms with Gasteiger partial charge in [0, 0.05) is 21.7 Å². The van der Waals surface area contributed by atoms with Crippen LogP contribution in [0.1, 0.15) is 25.7 Å². The Bertz CT molecular complexity index is 522. The van der Waals surface area contributed by atoms with Gasteiger partial charge in [-0.05, 0) is 25.0 Å². The molecule has 2 rings (SSSR count). The largest absolute Gasteiger partial charge is 0.399 e. The number of halogens is 2. The van der Waals surface area contributed by atoms with Crippen molar-refractivity contribution in [3.8, 4) is 0 Å². The molecule has 110 valence electrons. The van der Waals surface area contributed by atoms with Gasteiger partial charge in [0.1, 0.15) is 5.75 Å². The van der Waals surface area contributed by atoms with E-state index in [1.807, 2.05) is 0 Å². The van der Waals surface area contributed by atoms with Gasteiger partial charge in [-0.25, -0.2) is 0 Å². The second-order valence-corrected chi connectivity index (χ2v) is 7.37. The van der Waals surface area contributed by atoms with Crippen LogP contribution in [-0.4, -0.2) is 21.1 Å². The van der Waals surface area contributed by atoms with E-state index in [1.165, 1.54) is 12.1 Å². The number of amides is 1. The summed E-state index contributed by atoms with van der Waals surface area (Å²) in [5, 5.41) is 3.29. The number of nitrogen functional groups attached to an aromatic ring is 1. The van der Waals surface area contributed by atoms with Crippen LogP contribution in [0.25, 0.3) is 0 Å². The molecule has 1 saturated carbocycles. The molecular formula is C13H16Cl2N2O2S. The number of carbonyl (C=O) groups is 1. The van der Waals surface area contributed by atoms with Gasteiger partial charge in [0.05, 0.1) is 15.7 Å². The molecule has 3 N–H and O–H groups in total. The monoisotopic (exact) mass is 334 g/mol. The smallest absolute Gasteiger partial charge is 0.237 e. The first-order chi connectivity index (χ1) is 9.47. The molecule has 1 fully saturated rings. The molecule has 1 unspecified atom stereocenters. The SMILES string of the molecule is Nc1cc(Cl)c(NC(=O)CS(=O)C2CCCC2)c(Cl)c1. The summed E-state index contributed by atoms with van der Waals surface area (Å²) in [7, 11) is -1.14. The lowest BCUT2D eigenvalue weighted by Gasteiger charge is -2.12. The zero-order valence-electron chi connectivity index (χ0n) is 10.8. The number of benzene rings is 1. The van der Waals surface area contributed by atoms with E-state index in [4.69, 9.17) is 28.9 Å². The molecule has 0 spiro atoms. The molecule has 0 saturated heterocycles. The second kappa shape index (κ2) is 6.78. The summed E-state index contributed by atoms with van der Waals surface area (Å²) in [5.74, 6) is -0.370. The van der Waals surface area contributed by atoms with Crippen molar-refractivity contribution in [1.29, 1.82) is 0 Å². The highest BCUT2D eigenvalue weighted by molar-refractivity contribution is 7.86. The minimum atomic E-state index is -1.14. The fourth-order valence-corrected chi connectivity index (χ4v) is 4.31. The van der Waals surface area contributed by atoms with Crippen LogP contribution in [-0.2, 0) is 15.6 Å². The number of nitrogens with two attached hydrogens (primary N) is 1. The fraction of sp³-hybridized carbons (Fsp3) is 0.462. The summed E-state index contributed by atoms with van der Waals surface area (Å²) in [6.07, 6.45) is 4.05. The minimum Gasteiger partial charge on any atom is -0.399 e. The van der Waals surface area contributed by atoms with E-state index in [1.54, 1.807) is 0 Å². The Labute approximate surface area is 130 Å². The van der Waals surface area contributed by atoms with Crippen molar-refractivity contribution in [1.82, 2.24) is 0 Å². The van der Waals surface area contributed by atoms with Gasteiger partial charge in [0.15, 0.2) is 0 Å². The minimum absolute atomic E-state index is 0.0261. The molecule has 20 heavy (non-hydrogen) atoms. The number of carbonyl (C=O) groups excluding carboxylic acids is 1. The zero-order chi connectivity index (χ0) is 14.7. The van der Waals surface area contributed by atoms with E-state index in [0.29, 0.717) is 11.4 Å². The van der Waals surface area contributed by atoms with Crippen LogP contribution >= 0.6 is 23.2 Å². The molecule has 0 aliphatic heterocycles. The molecule has 1 aromatic rings. The Hall–Kier alpha value is -0.780. The maximum Gasteiger partial charge on any atom is 0.237 e. The van der Waals surface area contributed by atoms with Crippen LogP contribution in [0.4, 0.5) is 11.4 Å². The van der Waals surface area contributed by atoms with E-state index in [-0.39, 0.29) is 27.0 Å². The van der Waals surface area contributed by atoms with Crippen molar-refractivity contribution in [3.63, 3.8) is 0 Å². The van der Waals surface area contributed by atoms with Crippen LogP contribution in [0.15, 0.2) is 12.1 Å². The first kappa shape index (κ1) is 15.6. The zero-order valence-corrected chi connectivity index (χ0v) is 13.2. The second-order valence-electron chi connectivity index (χ2n) is 4.84. The molecule has 4 nitrogen and oxygen atoms in total. The van der Waals surface area contributed by atoms with Crippen molar-refractivity contribution < 1.29 is 9.00 Å². The van der Waals surface area contributed by atoms with Crippen molar-refractivity contribution in [3.05, 3.63) is 22.2 Å². The summed E-state index contributed by atoms with van der Waals surface area (Å²) in [6, 6.07) is 3.02. The maximum absolute atomic E-state index is 12.0. The van der Waals surface area contributed by atoms with E-state index in [0.717, 1.165) is 25.7 Å². The lowest BCUT2D eigenvalue weighted by molar-refractivity contribution is -0.113. The predicted molar refractivity (Wildman–Crippen MR) is 84.8 cm³/mol. The Morgan fingerprint density at radius 2 is 1.85 bits per heavy atom. The molecular weight excluding hydrogens is 319 g/mol. The average molecular weight is 335 g/mol. The average Bonchev–Trinajstić information content (AvgIpc) is 2.87. The van der Waals surface area contributed by atoms with Gasteiger partial charge in [0.25, 0.3) is 0 Å². The van der Waals surface area contributed by atoms with E-state index >= 15 is 0 Å². The molecule has 1 aromatic carbocycles. The summed E-state index contributed by atoms with van der Waals surface area (Å²) in [6.45, 7) is 0. The normalized spacial score (nSPS) is 17.1. The van der Waals surface area contributed by atoms with Gasteiger partial charge in [0.2, 0.25) is 5.91 Å². The Kier molecular flexibility index (Phi) is 5.29. The van der Waals surface area contributed by atoms with Crippen LogP contribution < -0.4 is 11.1 Å². The maximum atomic E-state index is 12.0. The van der Waals surface area contributed by atoms with Crippen LogP contribution in [0, 0.1) is 0 Å². The Morgan fingerprint density at radius 3 is 2.40 bits per heavy atom. The fourth-order valence-electron chi connectivity index (χ4n) is 2.29. The molecule has 1 amide bonds. The van der Waals surface area contributed by atoms with Crippen molar-refractivity contribution in [2.24, 2.45) is 0 Å². The van der Waals surface area contributed by atoms with Gasteiger partial charge < -0.3 is 11.1 Å². The highest BCUT2D eigenvalue weighted by Crippen LogP contribution is 2.32. The number of hydrogen-bond donors (Lipinski definition) is 2. The first-order valence-electron chi connectivity index (χ1n) is 6.39. The number of rotatable bonds is 4. The molecule has 0 bridgehead atoms. The molecule has 1 aliphatic rings. The number of hydrogen-bond acceptors (Lipinski definition) is 3. The Morgan fingerprint density at radius 1 is 1.30 bits per heavy atom. The quantitative estimate of drug-likeness (QED) is 0.830. The third-order valence-corrected chi connectivity index (χ3v) is 5.63. The third-order valence-electron chi connectivity index (χ3n) is 3.28. The molecule has 7 heteroatoms. The summed E-state index contributed by atoms with van der Waals surface area (Å²) in [4.78, 5) is 11.9. The van der Waals surface area contributed by atoms with Crippen molar-refractivity contribution in [2.45, 2.75) is 30.9 Å². The van der Waals surface area contributed by atoms with Gasteiger partial charge in [-0.3, -0.25) is 9.00 Å². The molecule has 0 aromatic heterocycles. The number of nitrogens with one attached hydrogen (secondary N) is 1. The molecule has 1 atom stereocenters. The van der Waals surface area contributed by atoms with E-state index in [2.05, 4.69) is 5.32 Å². The van der Waals surface area contributed by atoms with Crippen LogP contribution in [0.5, 0.6) is 0 Å². The molecule has 1 aliphatic carbocycles. The predicted octanol–water partition coefficient (Wildman–Crippen LogP) is 3.21. The Balaban J connectivity index is 1.99. The van der Waals surface area contributed by atoms with E-state index < -0.39 is 10.8 Å².